The van der Waals surface area contributed by atoms with Gasteiger partial charge in [-0.2, -0.15) is 0 Å². The second kappa shape index (κ2) is 11.4. The zero-order valence-electron chi connectivity index (χ0n) is 21.2. The molecule has 2 N–H and O–H groups in total. The first kappa shape index (κ1) is 26.6. The molecule has 0 saturated carbocycles. The van der Waals surface area contributed by atoms with Gasteiger partial charge < -0.3 is 10.1 Å². The molecule has 0 aliphatic carbocycles. The molecule has 0 amide bonds. The first-order valence-electron chi connectivity index (χ1n) is 12.1. The van der Waals surface area contributed by atoms with E-state index in [2.05, 4.69) is 24.7 Å². The van der Waals surface area contributed by atoms with Gasteiger partial charge in [-0.15, -0.1) is 0 Å². The fourth-order valence-electron chi connectivity index (χ4n) is 3.92. The highest BCUT2D eigenvalue weighted by Gasteiger charge is 2.16. The smallest absolute Gasteiger partial charge is 0.261 e. The van der Waals surface area contributed by atoms with E-state index in [1.807, 2.05) is 18.2 Å². The Morgan fingerprint density at radius 1 is 0.925 bits per heavy atom. The highest BCUT2D eigenvalue weighted by molar-refractivity contribution is 7.92. The maximum Gasteiger partial charge on any atom is 0.261 e. The van der Waals surface area contributed by atoms with Gasteiger partial charge >= 0.3 is 0 Å². The van der Waals surface area contributed by atoms with Gasteiger partial charge in [-0.05, 0) is 72.3 Å². The molecular formula is C29H23FN6O3S. The summed E-state index contributed by atoms with van der Waals surface area (Å²) in [7, 11) is -2.28. The minimum Gasteiger partial charge on any atom is -0.457 e. The topological polar surface area (TPSA) is 130 Å². The average molecular weight is 555 g/mol. The number of hydrogen-bond donors (Lipinski definition) is 2. The van der Waals surface area contributed by atoms with Gasteiger partial charge in [0.05, 0.1) is 45.6 Å². The SMILES string of the molecule is CN=CC(C=N)c1cnc2ccc(-c3cncc(NS(=O)(=O)c4ccc(Oc5ccc(F)cc5)cc4)c3)cc2n1. The van der Waals surface area contributed by atoms with Crippen LogP contribution in [0.3, 0.4) is 0 Å². The van der Waals surface area contributed by atoms with Crippen molar-refractivity contribution in [1.29, 1.82) is 5.41 Å². The molecule has 9 nitrogen and oxygen atoms in total. The number of nitrogens with one attached hydrogen (secondary N) is 2. The van der Waals surface area contributed by atoms with Crippen LogP contribution < -0.4 is 9.46 Å². The molecule has 5 rings (SSSR count). The molecule has 5 aromatic rings. The van der Waals surface area contributed by atoms with E-state index in [0.717, 1.165) is 5.56 Å². The number of aromatic nitrogens is 3. The summed E-state index contributed by atoms with van der Waals surface area (Å²) in [5.41, 5.74) is 3.63. The Hall–Kier alpha value is -5.03. The van der Waals surface area contributed by atoms with Gasteiger partial charge in [-0.1, -0.05) is 6.07 Å². The zero-order valence-corrected chi connectivity index (χ0v) is 22.0. The monoisotopic (exact) mass is 554 g/mol. The van der Waals surface area contributed by atoms with Gasteiger partial charge in [-0.25, -0.2) is 17.8 Å². The quantitative estimate of drug-likeness (QED) is 0.220. The Morgan fingerprint density at radius 2 is 1.65 bits per heavy atom. The normalized spacial score (nSPS) is 12.3. The molecule has 200 valence electrons. The molecule has 1 unspecified atom stereocenters. The summed E-state index contributed by atoms with van der Waals surface area (Å²) in [5.74, 6) is 0.0781. The van der Waals surface area contributed by atoms with Crippen LogP contribution in [0.4, 0.5) is 10.1 Å². The fraction of sp³-hybridized carbons (Fsp3) is 0.0690. The van der Waals surface area contributed by atoms with E-state index in [4.69, 9.17) is 10.1 Å². The summed E-state index contributed by atoms with van der Waals surface area (Å²) >= 11 is 0. The van der Waals surface area contributed by atoms with E-state index in [-0.39, 0.29) is 22.3 Å². The van der Waals surface area contributed by atoms with Crippen molar-refractivity contribution in [3.05, 3.63) is 103 Å². The molecule has 0 saturated heterocycles. The minimum absolute atomic E-state index is 0.0363. The maximum atomic E-state index is 13.1. The van der Waals surface area contributed by atoms with Gasteiger partial charge in [0.2, 0.25) is 0 Å². The highest BCUT2D eigenvalue weighted by atomic mass is 32.2. The molecule has 11 heteroatoms. The van der Waals surface area contributed by atoms with Crippen molar-refractivity contribution in [2.75, 3.05) is 11.8 Å². The Labute approximate surface area is 230 Å². The van der Waals surface area contributed by atoms with E-state index in [1.54, 1.807) is 31.7 Å². The molecule has 0 aliphatic heterocycles. The maximum absolute atomic E-state index is 13.1. The lowest BCUT2D eigenvalue weighted by Crippen LogP contribution is -2.13. The molecule has 0 bridgehead atoms. The largest absolute Gasteiger partial charge is 0.457 e. The van der Waals surface area contributed by atoms with Gasteiger partial charge in [0.15, 0.2) is 0 Å². The van der Waals surface area contributed by atoms with Crippen molar-refractivity contribution >= 4 is 39.2 Å². The number of benzene rings is 3. The molecule has 3 aromatic carbocycles. The second-order valence-electron chi connectivity index (χ2n) is 8.69. The van der Waals surface area contributed by atoms with Crippen LogP contribution in [-0.2, 0) is 10.0 Å². The summed E-state index contributed by atoms with van der Waals surface area (Å²) in [6.45, 7) is 0. The van der Waals surface area contributed by atoms with E-state index in [1.165, 1.54) is 60.9 Å². The molecule has 0 radical (unpaired) electrons. The van der Waals surface area contributed by atoms with Crippen LogP contribution in [0.1, 0.15) is 11.6 Å². The number of rotatable bonds is 9. The van der Waals surface area contributed by atoms with E-state index >= 15 is 0 Å². The standard InChI is InChI=1S/C29H23FN6O3S/c1-32-15-21(14-31)29-18-34-27-11-2-19(13-28(27)35-29)20-12-23(17-33-16-20)36-40(37,38)26-9-7-25(8-10-26)39-24-5-3-22(30)4-6-24/h2-18,21,31,36H,1H3. The number of aliphatic imine (C=N–C) groups is 1. The predicted octanol–water partition coefficient (Wildman–Crippen LogP) is 5.86. The molecule has 0 spiro atoms. The third-order valence-corrected chi connectivity index (χ3v) is 7.30. The Morgan fingerprint density at radius 3 is 2.35 bits per heavy atom. The lowest BCUT2D eigenvalue weighted by Gasteiger charge is -2.11. The van der Waals surface area contributed by atoms with Crippen molar-refractivity contribution in [1.82, 2.24) is 15.0 Å². The van der Waals surface area contributed by atoms with Crippen LogP contribution in [0.15, 0.2) is 101 Å². The number of hydrogen-bond acceptors (Lipinski definition) is 8. The van der Waals surface area contributed by atoms with Crippen molar-refractivity contribution < 1.29 is 17.5 Å². The third kappa shape index (κ3) is 6.00. The molecule has 2 aromatic heterocycles. The fourth-order valence-corrected chi connectivity index (χ4v) is 4.96. The average Bonchev–Trinajstić information content (AvgIpc) is 2.97. The summed E-state index contributed by atoms with van der Waals surface area (Å²) in [6, 6.07) is 18.6. The predicted molar refractivity (Wildman–Crippen MR) is 152 cm³/mol. The molecule has 40 heavy (non-hydrogen) atoms. The van der Waals surface area contributed by atoms with Crippen molar-refractivity contribution in [3.63, 3.8) is 0 Å². The summed E-state index contributed by atoms with van der Waals surface area (Å²) in [5, 5.41) is 7.64. The number of pyridine rings is 1. The van der Waals surface area contributed by atoms with Gasteiger partial charge in [0.1, 0.15) is 17.3 Å². The summed E-state index contributed by atoms with van der Waals surface area (Å²) < 4.78 is 47.4. The Bertz CT molecular complexity index is 1810. The van der Waals surface area contributed by atoms with Gasteiger partial charge in [-0.3, -0.25) is 19.7 Å². The van der Waals surface area contributed by atoms with Gasteiger partial charge in [0.25, 0.3) is 10.0 Å². The van der Waals surface area contributed by atoms with Crippen LogP contribution in [-0.4, -0.2) is 42.8 Å². The Balaban J connectivity index is 1.36. The van der Waals surface area contributed by atoms with Crippen LogP contribution in [0.2, 0.25) is 0 Å². The van der Waals surface area contributed by atoms with Crippen molar-refractivity contribution in [2.45, 2.75) is 10.8 Å². The lowest BCUT2D eigenvalue weighted by molar-refractivity contribution is 0.480. The molecule has 0 fully saturated rings. The second-order valence-corrected chi connectivity index (χ2v) is 10.4. The number of ether oxygens (including phenoxy) is 1. The zero-order chi connectivity index (χ0) is 28.1. The highest BCUT2D eigenvalue weighted by Crippen LogP contribution is 2.27. The van der Waals surface area contributed by atoms with Gasteiger partial charge in [0, 0.05) is 31.2 Å². The Kier molecular flexibility index (Phi) is 7.56. The van der Waals surface area contributed by atoms with Crippen molar-refractivity contribution in [3.8, 4) is 22.6 Å². The minimum atomic E-state index is -3.92. The molecule has 1 atom stereocenters. The summed E-state index contributed by atoms with van der Waals surface area (Å²) in [6.07, 6.45) is 7.54. The van der Waals surface area contributed by atoms with E-state index < -0.39 is 10.0 Å². The number of sulfonamides is 1. The van der Waals surface area contributed by atoms with Crippen molar-refractivity contribution in [2.24, 2.45) is 4.99 Å². The number of fused-ring (bicyclic) bond motifs is 1. The molecule has 0 aliphatic rings. The first-order chi connectivity index (χ1) is 19.3. The van der Waals surface area contributed by atoms with Crippen LogP contribution in [0.25, 0.3) is 22.2 Å². The van der Waals surface area contributed by atoms with Crippen LogP contribution >= 0.6 is 0 Å². The first-order valence-corrected chi connectivity index (χ1v) is 13.5. The van der Waals surface area contributed by atoms with E-state index in [0.29, 0.717) is 33.8 Å². The molecular weight excluding hydrogens is 531 g/mol. The third-order valence-electron chi connectivity index (χ3n) is 5.90. The lowest BCUT2D eigenvalue weighted by atomic mass is 10.1. The molecule has 2 heterocycles. The van der Waals surface area contributed by atoms with Crippen LogP contribution in [0, 0.1) is 11.2 Å². The number of nitrogens with zero attached hydrogens (tertiary/aromatic N) is 4. The van der Waals surface area contributed by atoms with E-state index in [9.17, 15) is 12.8 Å². The summed E-state index contributed by atoms with van der Waals surface area (Å²) in [4.78, 5) is 17.3. The van der Waals surface area contributed by atoms with Crippen LogP contribution in [0.5, 0.6) is 11.5 Å². The number of anilines is 1. The number of halogens is 1.